The summed E-state index contributed by atoms with van der Waals surface area (Å²) in [4.78, 5) is 16.2. The van der Waals surface area contributed by atoms with E-state index in [1.807, 2.05) is 0 Å². The average molecular weight is 389 g/mol. The van der Waals surface area contributed by atoms with Crippen LogP contribution in [0, 0.1) is 0 Å². The molecule has 1 N–H and O–H groups in total. The second-order valence-electron chi connectivity index (χ2n) is 6.43. The van der Waals surface area contributed by atoms with Gasteiger partial charge in [-0.1, -0.05) is 12.1 Å². The van der Waals surface area contributed by atoms with Crippen LogP contribution in [0.3, 0.4) is 0 Å². The van der Waals surface area contributed by atoms with E-state index in [4.69, 9.17) is 4.74 Å². The number of pyridine rings is 1. The van der Waals surface area contributed by atoms with Crippen molar-refractivity contribution in [3.8, 4) is 0 Å². The van der Waals surface area contributed by atoms with Crippen LogP contribution in [0.15, 0.2) is 53.7 Å². The van der Waals surface area contributed by atoms with E-state index in [1.165, 1.54) is 4.31 Å². The molecule has 8 heteroatoms. The van der Waals surface area contributed by atoms with Crippen LogP contribution >= 0.6 is 0 Å². The highest BCUT2D eigenvalue weighted by Crippen LogP contribution is 2.22. The van der Waals surface area contributed by atoms with Crippen LogP contribution in [0.25, 0.3) is 0 Å². The van der Waals surface area contributed by atoms with Gasteiger partial charge in [0.05, 0.1) is 4.90 Å². The molecule has 0 spiro atoms. The Morgan fingerprint density at radius 3 is 2.41 bits per heavy atom. The van der Waals surface area contributed by atoms with E-state index in [0.717, 1.165) is 5.56 Å². The summed E-state index contributed by atoms with van der Waals surface area (Å²) in [6.45, 7) is 1.48. The monoisotopic (exact) mass is 389 g/mol. The van der Waals surface area contributed by atoms with Gasteiger partial charge in [-0.15, -0.1) is 0 Å². The predicted octanol–water partition coefficient (Wildman–Crippen LogP) is 1.81. The Bertz CT molecular complexity index is 864. The summed E-state index contributed by atoms with van der Waals surface area (Å²) < 4.78 is 32.3. The highest BCUT2D eigenvalue weighted by atomic mass is 32.2. The molecule has 1 aromatic carbocycles. The summed E-state index contributed by atoms with van der Waals surface area (Å²) in [6.07, 6.45) is 4.52. The third-order valence-corrected chi connectivity index (χ3v) is 6.63. The van der Waals surface area contributed by atoms with E-state index in [2.05, 4.69) is 10.3 Å². The van der Waals surface area contributed by atoms with Crippen LogP contribution in [-0.4, -0.2) is 49.9 Å². The lowest BCUT2D eigenvalue weighted by atomic mass is 10.1. The Kier molecular flexibility index (Phi) is 6.20. The molecule has 1 aliphatic heterocycles. The van der Waals surface area contributed by atoms with Crippen molar-refractivity contribution >= 4 is 15.9 Å². The van der Waals surface area contributed by atoms with Gasteiger partial charge >= 0.3 is 0 Å². The number of nitrogens with one attached hydrogen (secondary N) is 1. The number of nitrogens with zero attached hydrogens (tertiary/aromatic N) is 2. The minimum absolute atomic E-state index is 0.0388. The number of hydrogen-bond donors (Lipinski definition) is 1. The molecule has 0 bridgehead atoms. The molecule has 1 aliphatic rings. The Labute approximate surface area is 159 Å². The zero-order valence-corrected chi connectivity index (χ0v) is 16.0. The molecule has 0 unspecified atom stereocenters. The van der Waals surface area contributed by atoms with Gasteiger partial charge in [0.2, 0.25) is 10.0 Å². The maximum atomic E-state index is 12.8. The number of carbonyl (C=O) groups is 1. The Morgan fingerprint density at radius 1 is 1.15 bits per heavy atom. The fraction of sp³-hybridized carbons (Fsp3) is 0.368. The van der Waals surface area contributed by atoms with Crippen LogP contribution < -0.4 is 5.32 Å². The lowest BCUT2D eigenvalue weighted by Crippen LogP contribution is -2.40. The SMILES string of the molecule is CN(C1CCOCC1)S(=O)(=O)c1ccc(CNC(=O)c2ccncc2)cc1. The number of benzene rings is 1. The lowest BCUT2D eigenvalue weighted by Gasteiger charge is -2.30. The van der Waals surface area contributed by atoms with Crippen molar-refractivity contribution in [3.05, 3.63) is 59.9 Å². The molecule has 1 saturated heterocycles. The minimum atomic E-state index is -3.55. The van der Waals surface area contributed by atoms with Crippen molar-refractivity contribution in [3.63, 3.8) is 0 Å². The van der Waals surface area contributed by atoms with Crippen LogP contribution in [0.2, 0.25) is 0 Å². The van der Waals surface area contributed by atoms with Gasteiger partial charge in [0.15, 0.2) is 0 Å². The van der Waals surface area contributed by atoms with E-state index in [-0.39, 0.29) is 16.8 Å². The summed E-state index contributed by atoms with van der Waals surface area (Å²) in [6, 6.07) is 9.84. The standard InChI is InChI=1S/C19H23N3O4S/c1-22(17-8-12-26-13-9-17)27(24,25)18-4-2-15(3-5-18)14-21-19(23)16-6-10-20-11-7-16/h2-7,10-11,17H,8-9,12-14H2,1H3,(H,21,23). The molecule has 2 aromatic rings. The van der Waals surface area contributed by atoms with Crippen LogP contribution in [0.1, 0.15) is 28.8 Å². The van der Waals surface area contributed by atoms with E-state index in [9.17, 15) is 13.2 Å². The summed E-state index contributed by atoms with van der Waals surface area (Å²) in [5, 5.41) is 2.81. The number of carbonyl (C=O) groups excluding carboxylic acids is 1. The second kappa shape index (κ2) is 8.60. The number of hydrogen-bond acceptors (Lipinski definition) is 5. The molecule has 1 aromatic heterocycles. The van der Waals surface area contributed by atoms with Gasteiger partial charge in [-0.25, -0.2) is 8.42 Å². The van der Waals surface area contributed by atoms with Crippen LogP contribution in [0.5, 0.6) is 0 Å². The minimum Gasteiger partial charge on any atom is -0.381 e. The molecule has 1 amide bonds. The normalized spacial score (nSPS) is 15.6. The Balaban J connectivity index is 1.63. The van der Waals surface area contributed by atoms with E-state index in [0.29, 0.717) is 38.2 Å². The zero-order valence-electron chi connectivity index (χ0n) is 15.2. The summed E-state index contributed by atoms with van der Waals surface area (Å²) in [5.74, 6) is -0.201. The van der Waals surface area contributed by atoms with Crippen molar-refractivity contribution in [1.29, 1.82) is 0 Å². The fourth-order valence-electron chi connectivity index (χ4n) is 2.98. The maximum absolute atomic E-state index is 12.8. The lowest BCUT2D eigenvalue weighted by molar-refractivity contribution is 0.0632. The summed E-state index contributed by atoms with van der Waals surface area (Å²) in [7, 11) is -1.93. The van der Waals surface area contributed by atoms with Crippen molar-refractivity contribution in [1.82, 2.24) is 14.6 Å². The highest BCUT2D eigenvalue weighted by molar-refractivity contribution is 7.89. The zero-order chi connectivity index (χ0) is 19.3. The van der Waals surface area contributed by atoms with Crippen LogP contribution in [-0.2, 0) is 21.3 Å². The molecule has 0 saturated carbocycles. The number of ether oxygens (including phenoxy) is 1. The van der Waals surface area contributed by atoms with Crippen molar-refractivity contribution in [2.75, 3.05) is 20.3 Å². The number of sulfonamides is 1. The van der Waals surface area contributed by atoms with Crippen molar-refractivity contribution in [2.24, 2.45) is 0 Å². The van der Waals surface area contributed by atoms with Gasteiger partial charge in [0, 0.05) is 50.8 Å². The first-order chi connectivity index (χ1) is 13.0. The summed E-state index contributed by atoms with van der Waals surface area (Å²) in [5.41, 5.74) is 1.35. The quantitative estimate of drug-likeness (QED) is 0.814. The van der Waals surface area contributed by atoms with E-state index >= 15 is 0 Å². The molecule has 2 heterocycles. The average Bonchev–Trinajstić information content (AvgIpc) is 2.73. The van der Waals surface area contributed by atoms with Gasteiger partial charge in [-0.3, -0.25) is 9.78 Å². The summed E-state index contributed by atoms with van der Waals surface area (Å²) >= 11 is 0. The number of rotatable bonds is 6. The highest BCUT2D eigenvalue weighted by Gasteiger charge is 2.29. The first kappa shape index (κ1) is 19.5. The second-order valence-corrected chi connectivity index (χ2v) is 8.42. The van der Waals surface area contributed by atoms with Gasteiger partial charge in [-0.05, 0) is 42.7 Å². The molecular formula is C19H23N3O4S. The van der Waals surface area contributed by atoms with Crippen molar-refractivity contribution in [2.45, 2.75) is 30.3 Å². The molecular weight excluding hydrogens is 366 g/mol. The molecule has 0 radical (unpaired) electrons. The van der Waals surface area contributed by atoms with E-state index < -0.39 is 10.0 Å². The topological polar surface area (TPSA) is 88.6 Å². The van der Waals surface area contributed by atoms with Gasteiger partial charge in [0.25, 0.3) is 5.91 Å². The molecule has 0 aliphatic carbocycles. The Morgan fingerprint density at radius 2 is 1.78 bits per heavy atom. The smallest absolute Gasteiger partial charge is 0.251 e. The molecule has 3 rings (SSSR count). The van der Waals surface area contributed by atoms with Crippen LogP contribution in [0.4, 0.5) is 0 Å². The van der Waals surface area contributed by atoms with Crippen molar-refractivity contribution < 1.29 is 17.9 Å². The van der Waals surface area contributed by atoms with Gasteiger partial charge < -0.3 is 10.1 Å². The van der Waals surface area contributed by atoms with Gasteiger partial charge in [-0.2, -0.15) is 4.31 Å². The first-order valence-corrected chi connectivity index (χ1v) is 10.3. The molecule has 0 atom stereocenters. The number of aromatic nitrogens is 1. The fourth-order valence-corrected chi connectivity index (χ4v) is 4.39. The molecule has 27 heavy (non-hydrogen) atoms. The molecule has 7 nitrogen and oxygen atoms in total. The largest absolute Gasteiger partial charge is 0.381 e. The first-order valence-electron chi connectivity index (χ1n) is 8.81. The predicted molar refractivity (Wildman–Crippen MR) is 101 cm³/mol. The molecule has 1 fully saturated rings. The third-order valence-electron chi connectivity index (χ3n) is 4.70. The third kappa shape index (κ3) is 4.71. The maximum Gasteiger partial charge on any atom is 0.251 e. The van der Waals surface area contributed by atoms with Gasteiger partial charge in [0.1, 0.15) is 0 Å². The Hall–Kier alpha value is -2.29. The molecule has 144 valence electrons. The number of amides is 1. The van der Waals surface area contributed by atoms with E-state index in [1.54, 1.807) is 55.8 Å².